The van der Waals surface area contributed by atoms with Crippen LogP contribution in [0.25, 0.3) is 17.1 Å². The molecule has 0 aliphatic rings. The summed E-state index contributed by atoms with van der Waals surface area (Å²) in [6.45, 7) is 6.03. The highest BCUT2D eigenvalue weighted by atomic mass is 16.3. The lowest BCUT2D eigenvalue weighted by Gasteiger charge is -2.13. The van der Waals surface area contributed by atoms with Gasteiger partial charge in [-0.3, -0.25) is 9.59 Å². The van der Waals surface area contributed by atoms with Crippen LogP contribution in [0, 0.1) is 6.92 Å². The van der Waals surface area contributed by atoms with Crippen LogP contribution in [-0.2, 0) is 4.79 Å². The van der Waals surface area contributed by atoms with Crippen LogP contribution in [0.5, 0.6) is 0 Å². The summed E-state index contributed by atoms with van der Waals surface area (Å²) in [6.07, 6.45) is 2.48. The van der Waals surface area contributed by atoms with Crippen molar-refractivity contribution in [2.24, 2.45) is 0 Å². The first-order valence-corrected chi connectivity index (χ1v) is 9.30. The normalized spacial score (nSPS) is 11.8. The molecule has 0 saturated carbocycles. The summed E-state index contributed by atoms with van der Waals surface area (Å²) in [7, 11) is 0. The summed E-state index contributed by atoms with van der Waals surface area (Å²) in [5, 5.41) is 10.1. The number of amides is 2. The third-order valence-corrected chi connectivity index (χ3v) is 4.24. The number of aromatic nitrogens is 2. The third kappa shape index (κ3) is 4.31. The van der Waals surface area contributed by atoms with Crippen LogP contribution in [0.1, 0.15) is 36.4 Å². The highest BCUT2D eigenvalue weighted by molar-refractivity contribution is 6.01. The van der Waals surface area contributed by atoms with Gasteiger partial charge in [-0.15, -0.1) is 0 Å². The van der Waals surface area contributed by atoms with E-state index in [1.54, 1.807) is 23.9 Å². The molecule has 28 heavy (non-hydrogen) atoms. The van der Waals surface area contributed by atoms with Crippen molar-refractivity contribution >= 4 is 11.8 Å². The fourth-order valence-electron chi connectivity index (χ4n) is 2.74. The minimum atomic E-state index is -0.662. The summed E-state index contributed by atoms with van der Waals surface area (Å²) in [5.41, 5.74) is 1.59. The maximum absolute atomic E-state index is 12.9. The van der Waals surface area contributed by atoms with Gasteiger partial charge in [0.25, 0.3) is 5.91 Å². The largest absolute Gasteiger partial charge is 0.460 e. The van der Waals surface area contributed by atoms with Gasteiger partial charge in [0.15, 0.2) is 5.76 Å². The molecular formula is C21H24N4O3. The average Bonchev–Trinajstić information content (AvgIpc) is 3.33. The molecule has 3 aromatic rings. The SMILES string of the molecule is CCCNC(=O)C(C)NC(=O)c1cn(-c2ccccc2)nc1-c1ccc(C)o1. The maximum Gasteiger partial charge on any atom is 0.255 e. The molecule has 146 valence electrons. The quantitative estimate of drug-likeness (QED) is 0.659. The van der Waals surface area contributed by atoms with Gasteiger partial charge in [0, 0.05) is 12.7 Å². The van der Waals surface area contributed by atoms with Gasteiger partial charge in [-0.25, -0.2) is 4.68 Å². The summed E-state index contributed by atoms with van der Waals surface area (Å²) in [4.78, 5) is 25.0. The molecule has 2 amide bonds. The Bertz CT molecular complexity index is 959. The average molecular weight is 380 g/mol. The molecule has 2 aromatic heterocycles. The van der Waals surface area contributed by atoms with E-state index in [0.29, 0.717) is 23.6 Å². The van der Waals surface area contributed by atoms with Gasteiger partial charge in [0.1, 0.15) is 17.5 Å². The second-order valence-electron chi connectivity index (χ2n) is 6.57. The van der Waals surface area contributed by atoms with Crippen LogP contribution in [0.3, 0.4) is 0 Å². The summed E-state index contributed by atoms with van der Waals surface area (Å²) >= 11 is 0. The zero-order chi connectivity index (χ0) is 20.1. The number of nitrogens with zero attached hydrogens (tertiary/aromatic N) is 2. The fraction of sp³-hybridized carbons (Fsp3) is 0.286. The zero-order valence-electron chi connectivity index (χ0n) is 16.2. The van der Waals surface area contributed by atoms with Crippen LogP contribution in [0.2, 0.25) is 0 Å². The van der Waals surface area contributed by atoms with Crippen LogP contribution >= 0.6 is 0 Å². The third-order valence-electron chi connectivity index (χ3n) is 4.24. The van der Waals surface area contributed by atoms with Crippen LogP contribution in [0.15, 0.2) is 53.1 Å². The van der Waals surface area contributed by atoms with Gasteiger partial charge in [-0.05, 0) is 44.5 Å². The van der Waals surface area contributed by atoms with Crippen LogP contribution in [0.4, 0.5) is 0 Å². The maximum atomic E-state index is 12.9. The van der Waals surface area contributed by atoms with Gasteiger partial charge in [-0.1, -0.05) is 25.1 Å². The lowest BCUT2D eigenvalue weighted by Crippen LogP contribution is -2.45. The minimum Gasteiger partial charge on any atom is -0.460 e. The molecule has 0 radical (unpaired) electrons. The molecule has 0 bridgehead atoms. The Morgan fingerprint density at radius 3 is 2.57 bits per heavy atom. The lowest BCUT2D eigenvalue weighted by atomic mass is 10.2. The summed E-state index contributed by atoms with van der Waals surface area (Å²) in [5.74, 6) is 0.620. The highest BCUT2D eigenvalue weighted by Crippen LogP contribution is 2.25. The monoisotopic (exact) mass is 380 g/mol. The number of rotatable bonds is 7. The number of aryl methyl sites for hydroxylation is 1. The molecule has 1 unspecified atom stereocenters. The van der Waals surface area contributed by atoms with E-state index in [-0.39, 0.29) is 11.8 Å². The molecule has 2 heterocycles. The molecule has 2 N–H and O–H groups in total. The smallest absolute Gasteiger partial charge is 0.255 e. The number of nitrogens with one attached hydrogen (secondary N) is 2. The Hall–Kier alpha value is -3.35. The topological polar surface area (TPSA) is 89.2 Å². The Morgan fingerprint density at radius 2 is 1.93 bits per heavy atom. The predicted molar refractivity (Wildman–Crippen MR) is 106 cm³/mol. The van der Waals surface area contributed by atoms with Crippen molar-refractivity contribution in [1.29, 1.82) is 0 Å². The number of carbonyl (C=O) groups excluding carboxylic acids is 2. The molecule has 0 aliphatic carbocycles. The molecule has 7 nitrogen and oxygen atoms in total. The van der Waals surface area contributed by atoms with E-state index in [4.69, 9.17) is 4.42 Å². The lowest BCUT2D eigenvalue weighted by molar-refractivity contribution is -0.122. The van der Waals surface area contributed by atoms with E-state index in [1.165, 1.54) is 0 Å². The molecule has 1 aromatic carbocycles. The van der Waals surface area contributed by atoms with E-state index >= 15 is 0 Å². The fourth-order valence-corrected chi connectivity index (χ4v) is 2.74. The zero-order valence-corrected chi connectivity index (χ0v) is 16.2. The number of para-hydroxylation sites is 1. The predicted octanol–water partition coefficient (Wildman–Crippen LogP) is 3.09. The standard InChI is InChI=1S/C21H24N4O3/c1-4-12-22-20(26)15(3)23-21(27)17-13-25(16-8-6-5-7-9-16)24-19(17)18-11-10-14(2)28-18/h5-11,13,15H,4,12H2,1-3H3,(H,22,26)(H,23,27). The Balaban J connectivity index is 1.91. The van der Waals surface area contributed by atoms with Crippen molar-refractivity contribution < 1.29 is 14.0 Å². The Kier molecular flexibility index (Phi) is 5.93. The number of hydrogen-bond acceptors (Lipinski definition) is 4. The van der Waals surface area contributed by atoms with E-state index in [9.17, 15) is 9.59 Å². The van der Waals surface area contributed by atoms with Gasteiger partial charge in [0.05, 0.1) is 11.3 Å². The van der Waals surface area contributed by atoms with Gasteiger partial charge in [-0.2, -0.15) is 5.10 Å². The number of benzene rings is 1. The number of hydrogen-bond donors (Lipinski definition) is 2. The summed E-state index contributed by atoms with van der Waals surface area (Å²) < 4.78 is 7.31. The molecular weight excluding hydrogens is 356 g/mol. The molecule has 0 spiro atoms. The van der Waals surface area contributed by atoms with Crippen molar-refractivity contribution in [2.45, 2.75) is 33.2 Å². The molecule has 0 aliphatic heterocycles. The molecule has 3 rings (SSSR count). The Morgan fingerprint density at radius 1 is 1.18 bits per heavy atom. The van der Waals surface area contributed by atoms with Gasteiger partial charge in [0.2, 0.25) is 5.91 Å². The minimum absolute atomic E-state index is 0.221. The van der Waals surface area contributed by atoms with Gasteiger partial charge < -0.3 is 15.1 Å². The molecule has 7 heteroatoms. The van der Waals surface area contributed by atoms with Crippen LogP contribution in [-0.4, -0.2) is 34.2 Å². The van der Waals surface area contributed by atoms with Crippen molar-refractivity contribution in [3.05, 3.63) is 60.0 Å². The van der Waals surface area contributed by atoms with Crippen molar-refractivity contribution in [1.82, 2.24) is 20.4 Å². The second-order valence-corrected chi connectivity index (χ2v) is 6.57. The van der Waals surface area contributed by atoms with E-state index in [2.05, 4.69) is 15.7 Å². The molecule has 0 fully saturated rings. The van der Waals surface area contributed by atoms with Crippen molar-refractivity contribution in [2.75, 3.05) is 6.54 Å². The molecule has 1 atom stereocenters. The first kappa shape index (κ1) is 19.4. The number of carbonyl (C=O) groups is 2. The Labute approximate surface area is 163 Å². The first-order chi connectivity index (χ1) is 13.5. The number of furan rings is 1. The summed E-state index contributed by atoms with van der Waals surface area (Å²) in [6, 6.07) is 12.4. The molecule has 0 saturated heterocycles. The van der Waals surface area contributed by atoms with Crippen molar-refractivity contribution in [3.8, 4) is 17.1 Å². The van der Waals surface area contributed by atoms with Gasteiger partial charge >= 0.3 is 0 Å². The highest BCUT2D eigenvalue weighted by Gasteiger charge is 2.23. The second kappa shape index (κ2) is 8.56. The first-order valence-electron chi connectivity index (χ1n) is 9.30. The van der Waals surface area contributed by atoms with E-state index < -0.39 is 6.04 Å². The van der Waals surface area contributed by atoms with E-state index in [1.807, 2.05) is 50.2 Å². The van der Waals surface area contributed by atoms with E-state index in [0.717, 1.165) is 17.9 Å². The van der Waals surface area contributed by atoms with Crippen LogP contribution < -0.4 is 10.6 Å². The van der Waals surface area contributed by atoms with Crippen molar-refractivity contribution in [3.63, 3.8) is 0 Å².